The van der Waals surface area contributed by atoms with Crippen LogP contribution in [0, 0.1) is 5.92 Å². The molecule has 2 aromatic carbocycles. The van der Waals surface area contributed by atoms with Crippen LogP contribution >= 0.6 is 11.6 Å². The number of hydrogen-bond donors (Lipinski definition) is 2. The van der Waals surface area contributed by atoms with E-state index in [0.29, 0.717) is 61.0 Å². The van der Waals surface area contributed by atoms with Gasteiger partial charge in [-0.1, -0.05) is 23.7 Å². The maximum atomic E-state index is 13.4. The Labute approximate surface area is 211 Å². The quantitative estimate of drug-likeness (QED) is 0.566. The predicted octanol–water partition coefficient (Wildman–Crippen LogP) is 4.26. The minimum atomic E-state index is -0.674. The van der Waals surface area contributed by atoms with Gasteiger partial charge in [0.2, 0.25) is 5.91 Å². The van der Waals surface area contributed by atoms with Crippen LogP contribution in [-0.4, -0.2) is 67.0 Å². The molecule has 1 saturated heterocycles. The molecule has 0 spiro atoms. The van der Waals surface area contributed by atoms with Crippen molar-refractivity contribution in [3.05, 3.63) is 59.1 Å². The van der Waals surface area contributed by atoms with Crippen molar-refractivity contribution in [2.75, 3.05) is 38.6 Å². The second-order valence-corrected chi connectivity index (χ2v) is 8.90. The van der Waals surface area contributed by atoms with Gasteiger partial charge >= 0.3 is 6.03 Å². The maximum Gasteiger partial charge on any atom is 0.321 e. The number of halogens is 1. The van der Waals surface area contributed by atoms with Crippen molar-refractivity contribution < 1.29 is 19.1 Å². The van der Waals surface area contributed by atoms with E-state index in [1.165, 1.54) is 0 Å². The lowest BCUT2D eigenvalue weighted by Crippen LogP contribution is -2.55. The smallest absolute Gasteiger partial charge is 0.321 e. The Kier molecular flexibility index (Phi) is 9.37. The van der Waals surface area contributed by atoms with Crippen molar-refractivity contribution in [3.63, 3.8) is 0 Å². The molecular weight excluding hydrogens is 468 g/mol. The van der Waals surface area contributed by atoms with Crippen molar-refractivity contribution in [2.45, 2.75) is 32.7 Å². The fraction of sp³-hybridized carbons (Fsp3) is 0.423. The highest BCUT2D eigenvalue weighted by atomic mass is 35.5. The van der Waals surface area contributed by atoms with E-state index in [-0.39, 0.29) is 23.8 Å². The second-order valence-electron chi connectivity index (χ2n) is 8.46. The molecule has 1 aliphatic rings. The van der Waals surface area contributed by atoms with E-state index in [1.54, 1.807) is 65.4 Å². The van der Waals surface area contributed by atoms with Crippen LogP contribution in [0.25, 0.3) is 0 Å². The third kappa shape index (κ3) is 6.88. The van der Waals surface area contributed by atoms with Gasteiger partial charge in [-0.15, -0.1) is 0 Å². The number of nitrogens with zero attached hydrogens (tertiary/aromatic N) is 2. The number of carbonyl (C=O) groups excluding carboxylic acids is 3. The van der Waals surface area contributed by atoms with Gasteiger partial charge in [-0.05, 0) is 69.0 Å². The summed E-state index contributed by atoms with van der Waals surface area (Å²) >= 11 is 6.01. The molecule has 4 amide bonds. The zero-order chi connectivity index (χ0) is 25.4. The average molecular weight is 501 g/mol. The number of nitrogens with one attached hydrogen (secondary N) is 2. The van der Waals surface area contributed by atoms with Crippen molar-refractivity contribution in [1.29, 1.82) is 0 Å². The summed E-state index contributed by atoms with van der Waals surface area (Å²) in [4.78, 5) is 42.6. The number of rotatable bonds is 8. The molecule has 3 rings (SSSR count). The number of piperidine rings is 1. The number of urea groups is 1. The number of anilines is 1. The van der Waals surface area contributed by atoms with E-state index in [0.717, 1.165) is 0 Å². The highest BCUT2D eigenvalue weighted by Crippen LogP contribution is 2.24. The number of benzene rings is 2. The average Bonchev–Trinajstić information content (AvgIpc) is 2.88. The summed E-state index contributed by atoms with van der Waals surface area (Å²) in [6, 6.07) is 13.0. The van der Waals surface area contributed by atoms with Crippen molar-refractivity contribution in [3.8, 4) is 5.75 Å². The first-order valence-electron chi connectivity index (χ1n) is 11.9. The van der Waals surface area contributed by atoms with Crippen LogP contribution in [0.15, 0.2) is 48.5 Å². The summed E-state index contributed by atoms with van der Waals surface area (Å²) in [7, 11) is 1.54. The highest BCUT2D eigenvalue weighted by Gasteiger charge is 2.35. The third-order valence-corrected chi connectivity index (χ3v) is 6.57. The molecule has 188 valence electrons. The monoisotopic (exact) mass is 500 g/mol. The normalized spacial score (nSPS) is 14.7. The predicted molar refractivity (Wildman–Crippen MR) is 137 cm³/mol. The molecule has 0 unspecified atom stereocenters. The molecular formula is C26H33ClN4O4. The van der Waals surface area contributed by atoms with Gasteiger partial charge in [-0.3, -0.25) is 9.59 Å². The van der Waals surface area contributed by atoms with Crippen molar-refractivity contribution in [2.24, 2.45) is 5.92 Å². The molecule has 2 N–H and O–H groups in total. The topological polar surface area (TPSA) is 91.0 Å². The molecule has 0 radical (unpaired) electrons. The summed E-state index contributed by atoms with van der Waals surface area (Å²) in [6.07, 6.45) is 1.19. The third-order valence-electron chi connectivity index (χ3n) is 6.33. The van der Waals surface area contributed by atoms with Gasteiger partial charge in [-0.25, -0.2) is 4.79 Å². The molecule has 1 aliphatic heterocycles. The maximum absolute atomic E-state index is 13.4. The minimum Gasteiger partial charge on any atom is -0.497 e. The van der Waals surface area contributed by atoms with E-state index < -0.39 is 6.04 Å². The van der Waals surface area contributed by atoms with Crippen LogP contribution in [-0.2, 0) is 4.79 Å². The summed E-state index contributed by atoms with van der Waals surface area (Å²) in [5, 5.41) is 6.39. The molecule has 0 aliphatic carbocycles. The van der Waals surface area contributed by atoms with Gasteiger partial charge in [0.15, 0.2) is 0 Å². The highest BCUT2D eigenvalue weighted by molar-refractivity contribution is 6.30. The molecule has 1 fully saturated rings. The first kappa shape index (κ1) is 26.3. The Balaban J connectivity index is 1.69. The number of likely N-dealkylation sites (N-methyl/N-ethyl adjacent to an activating group) is 1. The van der Waals surface area contributed by atoms with Gasteiger partial charge in [0, 0.05) is 42.5 Å². The number of amides is 4. The Morgan fingerprint density at radius 2 is 1.77 bits per heavy atom. The number of methoxy groups -OCH3 is 1. The second kappa shape index (κ2) is 12.4. The fourth-order valence-electron chi connectivity index (χ4n) is 4.31. The molecule has 1 heterocycles. The van der Waals surface area contributed by atoms with Gasteiger partial charge in [-0.2, -0.15) is 0 Å². The van der Waals surface area contributed by atoms with Crippen molar-refractivity contribution in [1.82, 2.24) is 15.1 Å². The summed E-state index contributed by atoms with van der Waals surface area (Å²) < 4.78 is 5.22. The lowest BCUT2D eigenvalue weighted by molar-refractivity contribution is -0.134. The molecule has 35 heavy (non-hydrogen) atoms. The zero-order valence-corrected chi connectivity index (χ0v) is 21.2. The number of carbonyl (C=O) groups is 3. The zero-order valence-electron chi connectivity index (χ0n) is 20.4. The van der Waals surface area contributed by atoms with Crippen LogP contribution < -0.4 is 15.4 Å². The Bertz CT molecular complexity index is 1040. The van der Waals surface area contributed by atoms with Gasteiger partial charge < -0.3 is 25.2 Å². The SMILES string of the molecule is CCN(CC)C(=O)[C@@H](NC(=O)c1cccc(OC)c1)C1CCN(C(=O)Nc2cccc(Cl)c2)CC1. The first-order chi connectivity index (χ1) is 16.9. The van der Waals surface area contributed by atoms with Crippen LogP contribution in [0.1, 0.15) is 37.0 Å². The first-order valence-corrected chi connectivity index (χ1v) is 12.3. The van der Waals surface area contributed by atoms with E-state index in [1.807, 2.05) is 13.8 Å². The van der Waals surface area contributed by atoms with Gasteiger partial charge in [0.25, 0.3) is 5.91 Å². The van der Waals surface area contributed by atoms with Crippen LogP contribution in [0.4, 0.5) is 10.5 Å². The minimum absolute atomic E-state index is 0.0899. The summed E-state index contributed by atoms with van der Waals surface area (Å²) in [6.45, 7) is 5.92. The molecule has 8 nitrogen and oxygen atoms in total. The Hall–Kier alpha value is -3.26. The number of likely N-dealkylation sites (tertiary alicyclic amines) is 1. The van der Waals surface area contributed by atoms with E-state index in [4.69, 9.17) is 16.3 Å². The van der Waals surface area contributed by atoms with Crippen LogP contribution in [0.3, 0.4) is 0 Å². The summed E-state index contributed by atoms with van der Waals surface area (Å²) in [5.74, 6) is 0.0554. The van der Waals surface area contributed by atoms with E-state index >= 15 is 0 Å². The molecule has 2 aromatic rings. The fourth-order valence-corrected chi connectivity index (χ4v) is 4.50. The standard InChI is InChI=1S/C26H33ClN4O4/c1-4-30(5-2)25(33)23(29-24(32)19-8-6-11-22(16-19)35-3)18-12-14-31(15-13-18)26(34)28-21-10-7-9-20(27)17-21/h6-11,16-18,23H,4-5,12-15H2,1-3H3,(H,28,34)(H,29,32)/t23-/m0/s1. The van der Waals surface area contributed by atoms with E-state index in [2.05, 4.69) is 10.6 Å². The van der Waals surface area contributed by atoms with Gasteiger partial charge in [0.1, 0.15) is 11.8 Å². The molecule has 0 aromatic heterocycles. The lowest BCUT2D eigenvalue weighted by atomic mass is 9.88. The Morgan fingerprint density at radius 3 is 2.40 bits per heavy atom. The molecule has 9 heteroatoms. The molecule has 0 bridgehead atoms. The van der Waals surface area contributed by atoms with Gasteiger partial charge in [0.05, 0.1) is 7.11 Å². The number of hydrogen-bond acceptors (Lipinski definition) is 4. The molecule has 0 saturated carbocycles. The lowest BCUT2D eigenvalue weighted by Gasteiger charge is -2.37. The number of ether oxygens (including phenoxy) is 1. The van der Waals surface area contributed by atoms with Crippen molar-refractivity contribution >= 4 is 35.1 Å². The van der Waals surface area contributed by atoms with E-state index in [9.17, 15) is 14.4 Å². The largest absolute Gasteiger partial charge is 0.497 e. The summed E-state index contributed by atoms with van der Waals surface area (Å²) in [5.41, 5.74) is 1.06. The Morgan fingerprint density at radius 1 is 1.09 bits per heavy atom. The van der Waals surface area contributed by atoms with Crippen LogP contribution in [0.5, 0.6) is 5.75 Å². The molecule has 1 atom stereocenters. The van der Waals surface area contributed by atoms with Crippen LogP contribution in [0.2, 0.25) is 5.02 Å².